The van der Waals surface area contributed by atoms with Gasteiger partial charge in [0.15, 0.2) is 0 Å². The summed E-state index contributed by atoms with van der Waals surface area (Å²) in [7, 11) is 0. The molecule has 0 atom stereocenters. The van der Waals surface area contributed by atoms with E-state index in [1.807, 2.05) is 20.0 Å². The SMILES string of the molecule is Cc1cc(N)c(C(=O)NCCCc2cn[nH]c2C)cn1. The van der Waals surface area contributed by atoms with E-state index in [0.29, 0.717) is 17.8 Å². The Hall–Kier alpha value is -2.37. The summed E-state index contributed by atoms with van der Waals surface area (Å²) in [6.07, 6.45) is 5.06. The van der Waals surface area contributed by atoms with Crippen molar-refractivity contribution in [2.75, 3.05) is 12.3 Å². The highest BCUT2D eigenvalue weighted by Crippen LogP contribution is 2.11. The molecule has 0 spiro atoms. The molecule has 0 aliphatic rings. The molecule has 0 bridgehead atoms. The first-order valence-electron chi connectivity index (χ1n) is 6.57. The molecule has 0 unspecified atom stereocenters. The molecule has 6 nitrogen and oxygen atoms in total. The number of aryl methyl sites for hydroxylation is 3. The van der Waals surface area contributed by atoms with Crippen LogP contribution in [0.5, 0.6) is 0 Å². The number of hydrogen-bond donors (Lipinski definition) is 3. The summed E-state index contributed by atoms with van der Waals surface area (Å²) in [6, 6.07) is 1.70. The number of nitrogen functional groups attached to an aromatic ring is 1. The molecular formula is C14H19N5O. The van der Waals surface area contributed by atoms with E-state index in [1.54, 1.807) is 6.07 Å². The number of nitrogens with two attached hydrogens (primary N) is 1. The van der Waals surface area contributed by atoms with Crippen LogP contribution in [-0.4, -0.2) is 27.6 Å². The Bertz CT molecular complexity index is 605. The van der Waals surface area contributed by atoms with Gasteiger partial charge >= 0.3 is 0 Å². The molecule has 0 aromatic carbocycles. The maximum absolute atomic E-state index is 12.0. The third kappa shape index (κ3) is 3.34. The van der Waals surface area contributed by atoms with Crippen molar-refractivity contribution in [1.29, 1.82) is 0 Å². The maximum atomic E-state index is 12.0. The van der Waals surface area contributed by atoms with Crippen LogP contribution in [0.3, 0.4) is 0 Å². The highest BCUT2D eigenvalue weighted by atomic mass is 16.1. The molecule has 0 aliphatic carbocycles. The van der Waals surface area contributed by atoms with Gasteiger partial charge in [-0.2, -0.15) is 5.10 Å². The number of carbonyl (C=O) groups is 1. The zero-order valence-electron chi connectivity index (χ0n) is 11.7. The molecule has 1 amide bonds. The maximum Gasteiger partial charge on any atom is 0.254 e. The van der Waals surface area contributed by atoms with Gasteiger partial charge in [-0.3, -0.25) is 14.9 Å². The Morgan fingerprint density at radius 2 is 2.20 bits per heavy atom. The summed E-state index contributed by atoms with van der Waals surface area (Å²) in [6.45, 7) is 4.42. The van der Waals surface area contributed by atoms with Crippen LogP contribution in [0, 0.1) is 13.8 Å². The van der Waals surface area contributed by atoms with E-state index >= 15 is 0 Å². The zero-order chi connectivity index (χ0) is 14.5. The molecule has 2 heterocycles. The lowest BCUT2D eigenvalue weighted by molar-refractivity contribution is 0.0954. The van der Waals surface area contributed by atoms with Crippen LogP contribution in [0.1, 0.15) is 33.7 Å². The molecule has 0 fully saturated rings. The van der Waals surface area contributed by atoms with Crippen molar-refractivity contribution in [3.05, 3.63) is 41.0 Å². The van der Waals surface area contributed by atoms with Gasteiger partial charge in [0.1, 0.15) is 0 Å². The molecule has 2 rings (SSSR count). The quantitative estimate of drug-likeness (QED) is 0.717. The number of amides is 1. The summed E-state index contributed by atoms with van der Waals surface area (Å²) >= 11 is 0. The Morgan fingerprint density at radius 1 is 1.40 bits per heavy atom. The van der Waals surface area contributed by atoms with E-state index in [0.717, 1.165) is 24.2 Å². The predicted octanol–water partition coefficient (Wildman–Crippen LogP) is 1.37. The van der Waals surface area contributed by atoms with Gasteiger partial charge in [-0.25, -0.2) is 0 Å². The predicted molar refractivity (Wildman–Crippen MR) is 77.4 cm³/mol. The fraction of sp³-hybridized carbons (Fsp3) is 0.357. The number of H-pyrrole nitrogens is 1. The lowest BCUT2D eigenvalue weighted by Crippen LogP contribution is -2.26. The van der Waals surface area contributed by atoms with Crippen molar-refractivity contribution in [3.63, 3.8) is 0 Å². The number of pyridine rings is 1. The van der Waals surface area contributed by atoms with E-state index < -0.39 is 0 Å². The molecule has 20 heavy (non-hydrogen) atoms. The van der Waals surface area contributed by atoms with Gasteiger partial charge in [0, 0.05) is 29.8 Å². The van der Waals surface area contributed by atoms with Crippen molar-refractivity contribution in [3.8, 4) is 0 Å². The first-order valence-corrected chi connectivity index (χ1v) is 6.57. The monoisotopic (exact) mass is 273 g/mol. The Morgan fingerprint density at radius 3 is 2.85 bits per heavy atom. The summed E-state index contributed by atoms with van der Waals surface area (Å²) < 4.78 is 0. The largest absolute Gasteiger partial charge is 0.398 e. The molecule has 6 heteroatoms. The number of aromatic amines is 1. The van der Waals surface area contributed by atoms with Crippen molar-refractivity contribution < 1.29 is 4.79 Å². The lowest BCUT2D eigenvalue weighted by atomic mass is 10.1. The van der Waals surface area contributed by atoms with Gasteiger partial charge in [0.05, 0.1) is 11.8 Å². The van der Waals surface area contributed by atoms with Crippen LogP contribution in [0.4, 0.5) is 5.69 Å². The number of aromatic nitrogens is 3. The number of rotatable bonds is 5. The molecule has 0 radical (unpaired) electrons. The summed E-state index contributed by atoms with van der Waals surface area (Å²) in [5.74, 6) is -0.182. The van der Waals surface area contributed by atoms with E-state index in [9.17, 15) is 4.79 Å². The number of nitrogens with zero attached hydrogens (tertiary/aromatic N) is 2. The van der Waals surface area contributed by atoms with Crippen molar-refractivity contribution >= 4 is 11.6 Å². The minimum atomic E-state index is -0.182. The molecule has 4 N–H and O–H groups in total. The number of carbonyl (C=O) groups excluding carboxylic acids is 1. The minimum Gasteiger partial charge on any atom is -0.398 e. The van der Waals surface area contributed by atoms with Gasteiger partial charge in [-0.05, 0) is 38.3 Å². The molecule has 0 aliphatic heterocycles. The van der Waals surface area contributed by atoms with E-state index in [4.69, 9.17) is 5.73 Å². The van der Waals surface area contributed by atoms with Gasteiger partial charge in [0.25, 0.3) is 5.91 Å². The first-order chi connectivity index (χ1) is 9.58. The third-order valence-corrected chi connectivity index (χ3v) is 3.16. The topological polar surface area (TPSA) is 96.7 Å². The smallest absolute Gasteiger partial charge is 0.254 e. The zero-order valence-corrected chi connectivity index (χ0v) is 11.7. The molecule has 2 aromatic rings. The average Bonchev–Trinajstić information content (AvgIpc) is 2.80. The number of anilines is 1. The van der Waals surface area contributed by atoms with Crippen LogP contribution in [0.2, 0.25) is 0 Å². The summed E-state index contributed by atoms with van der Waals surface area (Å²) in [5, 5.41) is 9.71. The second kappa shape index (κ2) is 6.18. The van der Waals surface area contributed by atoms with Crippen LogP contribution in [0.25, 0.3) is 0 Å². The molecule has 0 saturated heterocycles. The van der Waals surface area contributed by atoms with Crippen LogP contribution < -0.4 is 11.1 Å². The summed E-state index contributed by atoms with van der Waals surface area (Å²) in [5.41, 5.74) is 9.74. The number of nitrogens with one attached hydrogen (secondary N) is 2. The van der Waals surface area contributed by atoms with Crippen molar-refractivity contribution in [1.82, 2.24) is 20.5 Å². The van der Waals surface area contributed by atoms with Gasteiger partial charge < -0.3 is 11.1 Å². The minimum absolute atomic E-state index is 0.182. The first kappa shape index (κ1) is 14.0. The molecule has 106 valence electrons. The summed E-state index contributed by atoms with van der Waals surface area (Å²) in [4.78, 5) is 16.0. The van der Waals surface area contributed by atoms with Gasteiger partial charge in [0.2, 0.25) is 0 Å². The van der Waals surface area contributed by atoms with Gasteiger partial charge in [-0.1, -0.05) is 0 Å². The van der Waals surface area contributed by atoms with Crippen molar-refractivity contribution in [2.45, 2.75) is 26.7 Å². The highest BCUT2D eigenvalue weighted by Gasteiger charge is 2.09. The van der Waals surface area contributed by atoms with Crippen molar-refractivity contribution in [2.24, 2.45) is 0 Å². The Balaban J connectivity index is 1.82. The fourth-order valence-corrected chi connectivity index (χ4v) is 1.97. The van der Waals surface area contributed by atoms with Crippen LogP contribution in [-0.2, 0) is 6.42 Å². The standard InChI is InChI=1S/C14H19N5O/c1-9-6-13(15)12(8-17-9)14(20)16-5-3-4-11-7-18-19-10(11)2/h6-8H,3-5H2,1-2H3,(H2,15,17)(H,16,20)(H,18,19). The number of hydrogen-bond acceptors (Lipinski definition) is 4. The average molecular weight is 273 g/mol. The van der Waals surface area contributed by atoms with E-state index in [2.05, 4.69) is 20.5 Å². The second-order valence-corrected chi connectivity index (χ2v) is 4.79. The Labute approximate surface area is 117 Å². The van der Waals surface area contributed by atoms with Crippen LogP contribution in [0.15, 0.2) is 18.5 Å². The molecule has 0 saturated carbocycles. The van der Waals surface area contributed by atoms with E-state index in [1.165, 1.54) is 11.8 Å². The van der Waals surface area contributed by atoms with Gasteiger partial charge in [-0.15, -0.1) is 0 Å². The lowest BCUT2D eigenvalue weighted by Gasteiger charge is -2.07. The highest BCUT2D eigenvalue weighted by molar-refractivity contribution is 5.98. The Kier molecular flexibility index (Phi) is 4.34. The fourth-order valence-electron chi connectivity index (χ4n) is 1.97. The normalized spacial score (nSPS) is 10.5. The third-order valence-electron chi connectivity index (χ3n) is 3.16. The van der Waals surface area contributed by atoms with Crippen LogP contribution >= 0.6 is 0 Å². The molecule has 2 aromatic heterocycles. The molecular weight excluding hydrogens is 254 g/mol. The second-order valence-electron chi connectivity index (χ2n) is 4.79. The van der Waals surface area contributed by atoms with E-state index in [-0.39, 0.29) is 5.91 Å².